The Morgan fingerprint density at radius 3 is 2.50 bits per heavy atom. The Kier molecular flexibility index (Phi) is 4.17. The summed E-state index contributed by atoms with van der Waals surface area (Å²) in [6.07, 6.45) is 4.39. The lowest BCUT2D eigenvalue weighted by molar-refractivity contribution is 0.0697. The molecule has 2 rings (SSSR count). The lowest BCUT2D eigenvalue weighted by atomic mass is 9.91. The molecule has 1 aromatic carbocycles. The summed E-state index contributed by atoms with van der Waals surface area (Å²) >= 11 is 0. The van der Waals surface area contributed by atoms with Gasteiger partial charge in [0, 0.05) is 10.1 Å². The smallest absolute Gasteiger partial charge is 0.335 e. The Balaban J connectivity index is 2.10. The van der Waals surface area contributed by atoms with Gasteiger partial charge in [-0.15, -0.1) is 0 Å². The molecular weight excluding hydrogens is 248 g/mol. The maximum Gasteiger partial charge on any atom is 0.335 e. The number of carbonyl (C=O) groups is 1. The number of benzene rings is 1. The molecule has 1 aliphatic carbocycles. The zero-order valence-electron chi connectivity index (χ0n) is 10.5. The maximum absolute atomic E-state index is 12.4. The number of carboxylic acids is 1. The predicted octanol–water partition coefficient (Wildman–Crippen LogP) is 3.07. The Morgan fingerprint density at radius 1 is 1.28 bits per heavy atom. The highest BCUT2D eigenvalue weighted by molar-refractivity contribution is 7.85. The van der Waals surface area contributed by atoms with Crippen molar-refractivity contribution >= 4 is 16.8 Å². The van der Waals surface area contributed by atoms with Crippen molar-refractivity contribution in [2.75, 3.05) is 0 Å². The highest BCUT2D eigenvalue weighted by Gasteiger charge is 2.24. The minimum absolute atomic E-state index is 0.226. The van der Waals surface area contributed by atoms with E-state index in [2.05, 4.69) is 6.92 Å². The topological polar surface area (TPSA) is 54.4 Å². The van der Waals surface area contributed by atoms with E-state index in [1.54, 1.807) is 12.1 Å². The van der Waals surface area contributed by atoms with Crippen molar-refractivity contribution in [3.05, 3.63) is 29.8 Å². The number of hydrogen-bond donors (Lipinski definition) is 1. The van der Waals surface area contributed by atoms with Crippen LogP contribution in [0.3, 0.4) is 0 Å². The fourth-order valence-corrected chi connectivity index (χ4v) is 4.17. The van der Waals surface area contributed by atoms with Crippen LogP contribution < -0.4 is 0 Å². The van der Waals surface area contributed by atoms with Crippen LogP contribution in [-0.2, 0) is 10.8 Å². The molecule has 0 amide bonds. The van der Waals surface area contributed by atoms with Crippen molar-refractivity contribution in [2.24, 2.45) is 5.92 Å². The van der Waals surface area contributed by atoms with Gasteiger partial charge in [-0.2, -0.15) is 0 Å². The molecule has 1 N–H and O–H groups in total. The van der Waals surface area contributed by atoms with Crippen molar-refractivity contribution in [3.63, 3.8) is 0 Å². The molecule has 0 radical (unpaired) electrons. The molecule has 0 saturated heterocycles. The number of hydrogen-bond acceptors (Lipinski definition) is 2. The summed E-state index contributed by atoms with van der Waals surface area (Å²) < 4.78 is 12.4. The molecule has 1 fully saturated rings. The van der Waals surface area contributed by atoms with Crippen molar-refractivity contribution in [2.45, 2.75) is 42.8 Å². The van der Waals surface area contributed by atoms with E-state index in [0.717, 1.165) is 24.2 Å². The summed E-state index contributed by atoms with van der Waals surface area (Å²) in [5.41, 5.74) is 0.243. The normalized spacial score (nSPS) is 25.6. The Labute approximate surface area is 110 Å². The highest BCUT2D eigenvalue weighted by Crippen LogP contribution is 2.29. The van der Waals surface area contributed by atoms with Crippen LogP contribution in [0.5, 0.6) is 0 Å². The predicted molar refractivity (Wildman–Crippen MR) is 71.2 cm³/mol. The molecule has 1 saturated carbocycles. The van der Waals surface area contributed by atoms with E-state index < -0.39 is 16.8 Å². The van der Waals surface area contributed by atoms with E-state index >= 15 is 0 Å². The van der Waals surface area contributed by atoms with Gasteiger partial charge in [0.15, 0.2) is 0 Å². The summed E-state index contributed by atoms with van der Waals surface area (Å²) in [7, 11) is -1.00. The molecule has 0 heterocycles. The van der Waals surface area contributed by atoms with E-state index in [1.807, 2.05) is 0 Å². The van der Waals surface area contributed by atoms with E-state index in [4.69, 9.17) is 5.11 Å². The second kappa shape index (κ2) is 5.65. The van der Waals surface area contributed by atoms with Crippen molar-refractivity contribution in [1.29, 1.82) is 0 Å². The third-order valence-corrected chi connectivity index (χ3v) is 5.30. The van der Waals surface area contributed by atoms with E-state index in [-0.39, 0.29) is 10.8 Å². The van der Waals surface area contributed by atoms with Crippen LogP contribution in [0.4, 0.5) is 0 Å². The lowest BCUT2D eigenvalue weighted by Gasteiger charge is -2.26. The van der Waals surface area contributed by atoms with E-state index in [1.165, 1.54) is 18.6 Å². The quantitative estimate of drug-likeness (QED) is 0.914. The molecule has 1 aliphatic rings. The summed E-state index contributed by atoms with van der Waals surface area (Å²) in [5, 5.41) is 9.05. The summed E-state index contributed by atoms with van der Waals surface area (Å²) in [6, 6.07) is 6.42. The fraction of sp³-hybridized carbons (Fsp3) is 0.500. The molecule has 0 spiro atoms. The Morgan fingerprint density at radius 2 is 1.94 bits per heavy atom. The minimum atomic E-state index is -1.00. The molecule has 1 aromatic rings. The maximum atomic E-state index is 12.4. The van der Waals surface area contributed by atoms with Gasteiger partial charge < -0.3 is 5.11 Å². The molecule has 3 nitrogen and oxygen atoms in total. The Bertz CT molecular complexity index is 453. The third-order valence-electron chi connectivity index (χ3n) is 3.52. The van der Waals surface area contributed by atoms with Gasteiger partial charge in [-0.3, -0.25) is 4.21 Å². The first kappa shape index (κ1) is 13.3. The lowest BCUT2D eigenvalue weighted by Crippen LogP contribution is -2.23. The van der Waals surface area contributed by atoms with Crippen LogP contribution in [0.25, 0.3) is 0 Å². The molecule has 98 valence electrons. The van der Waals surface area contributed by atoms with Gasteiger partial charge in [0.2, 0.25) is 0 Å². The third kappa shape index (κ3) is 2.99. The first-order valence-electron chi connectivity index (χ1n) is 6.32. The van der Waals surface area contributed by atoms with Gasteiger partial charge >= 0.3 is 5.97 Å². The van der Waals surface area contributed by atoms with Gasteiger partial charge in [0.05, 0.1) is 16.4 Å². The van der Waals surface area contributed by atoms with Gasteiger partial charge in [0.1, 0.15) is 0 Å². The van der Waals surface area contributed by atoms with Crippen LogP contribution in [-0.4, -0.2) is 20.5 Å². The molecule has 0 aromatic heterocycles. The van der Waals surface area contributed by atoms with Crippen molar-refractivity contribution in [3.8, 4) is 0 Å². The molecule has 18 heavy (non-hydrogen) atoms. The summed E-state index contributed by atoms with van der Waals surface area (Å²) in [5.74, 6) is -0.301. The average Bonchev–Trinajstić information content (AvgIpc) is 2.38. The van der Waals surface area contributed by atoms with E-state index in [0.29, 0.717) is 5.92 Å². The number of rotatable bonds is 3. The molecule has 0 bridgehead atoms. The Hall–Kier alpha value is -1.16. The second-order valence-corrected chi connectivity index (χ2v) is 6.75. The van der Waals surface area contributed by atoms with Crippen molar-refractivity contribution < 1.29 is 14.1 Å². The highest BCUT2D eigenvalue weighted by atomic mass is 32.2. The minimum Gasteiger partial charge on any atom is -0.478 e. The van der Waals surface area contributed by atoms with Gasteiger partial charge in [-0.25, -0.2) is 4.79 Å². The number of aromatic carboxylic acids is 1. The van der Waals surface area contributed by atoms with E-state index in [9.17, 15) is 9.00 Å². The molecule has 0 aliphatic heterocycles. The monoisotopic (exact) mass is 266 g/mol. The van der Waals surface area contributed by atoms with Crippen LogP contribution in [0.2, 0.25) is 0 Å². The SMILES string of the molecule is CC1CCCC(S(=O)c2ccc(C(=O)O)cc2)C1. The molecular formula is C14H18O3S. The van der Waals surface area contributed by atoms with Crippen LogP contribution in [0, 0.1) is 5.92 Å². The molecule has 3 unspecified atom stereocenters. The second-order valence-electron chi connectivity index (χ2n) is 5.02. The van der Waals surface area contributed by atoms with Gasteiger partial charge in [-0.05, 0) is 43.0 Å². The fourth-order valence-electron chi connectivity index (χ4n) is 2.50. The van der Waals surface area contributed by atoms with Crippen LogP contribution in [0.15, 0.2) is 29.2 Å². The molecule has 4 heteroatoms. The molecule has 3 atom stereocenters. The van der Waals surface area contributed by atoms with Gasteiger partial charge in [0.25, 0.3) is 0 Å². The average molecular weight is 266 g/mol. The standard InChI is InChI=1S/C14H18O3S/c1-10-3-2-4-13(9-10)18(17)12-7-5-11(6-8-12)14(15)16/h5-8,10,13H,2-4,9H2,1H3,(H,15,16). The first-order valence-corrected chi connectivity index (χ1v) is 7.53. The first-order chi connectivity index (χ1) is 8.58. The zero-order chi connectivity index (χ0) is 13.1. The largest absolute Gasteiger partial charge is 0.478 e. The number of carboxylic acid groups (broad SMARTS) is 1. The van der Waals surface area contributed by atoms with Gasteiger partial charge in [-0.1, -0.05) is 19.8 Å². The summed E-state index contributed by atoms with van der Waals surface area (Å²) in [6.45, 7) is 2.21. The van der Waals surface area contributed by atoms with Crippen molar-refractivity contribution in [1.82, 2.24) is 0 Å². The van der Waals surface area contributed by atoms with Crippen LogP contribution in [0.1, 0.15) is 43.0 Å². The van der Waals surface area contributed by atoms with Crippen LogP contribution >= 0.6 is 0 Å². The zero-order valence-corrected chi connectivity index (χ0v) is 11.3. The summed E-state index contributed by atoms with van der Waals surface area (Å²) in [4.78, 5) is 11.5.